The van der Waals surface area contributed by atoms with E-state index in [0.717, 1.165) is 23.1 Å². The smallest absolute Gasteiger partial charge is 0.0738 e. The van der Waals surface area contributed by atoms with Gasteiger partial charge in [-0.15, -0.1) is 11.3 Å². The first-order chi connectivity index (χ1) is 9.02. The highest BCUT2D eigenvalue weighted by molar-refractivity contribution is 9.11. The summed E-state index contributed by atoms with van der Waals surface area (Å²) in [6.07, 6.45) is 0.929. The van der Waals surface area contributed by atoms with Gasteiger partial charge < -0.3 is 5.32 Å². The number of hydrogen-bond acceptors (Lipinski definition) is 3. The topological polar surface area (TPSA) is 29.9 Å². The van der Waals surface area contributed by atoms with Gasteiger partial charge in [0.1, 0.15) is 0 Å². The van der Waals surface area contributed by atoms with Gasteiger partial charge in [-0.3, -0.25) is 4.68 Å². The van der Waals surface area contributed by atoms with Crippen molar-refractivity contribution in [3.63, 3.8) is 0 Å². The summed E-state index contributed by atoms with van der Waals surface area (Å²) < 4.78 is 4.26. The van der Waals surface area contributed by atoms with Gasteiger partial charge in [0.05, 0.1) is 19.6 Å². The third kappa shape index (κ3) is 3.48. The second kappa shape index (κ2) is 6.52. The van der Waals surface area contributed by atoms with Crippen molar-refractivity contribution < 1.29 is 0 Å². The van der Waals surface area contributed by atoms with Gasteiger partial charge in [-0.25, -0.2) is 0 Å². The Kier molecular flexibility index (Phi) is 5.22. The largest absolute Gasteiger partial charge is 0.309 e. The van der Waals surface area contributed by atoms with E-state index in [1.54, 1.807) is 11.3 Å². The zero-order valence-electron chi connectivity index (χ0n) is 11.2. The monoisotopic (exact) mass is 405 g/mol. The Hall–Kier alpha value is -0.170. The van der Waals surface area contributed by atoms with Gasteiger partial charge in [-0.2, -0.15) is 5.10 Å². The molecule has 3 nitrogen and oxygen atoms in total. The molecule has 6 heteroatoms. The highest BCUT2D eigenvalue weighted by Crippen LogP contribution is 2.31. The number of likely N-dealkylation sites (N-methyl/N-ethyl adjacent to an activating group) is 1. The second-order valence-electron chi connectivity index (χ2n) is 4.43. The SMILES string of the molecule is CCNC(Cc1c(Br)c(C)nn1C)c1ccc(Br)s1. The molecular weight excluding hydrogens is 390 g/mol. The Morgan fingerprint density at radius 2 is 2.16 bits per heavy atom. The third-order valence-corrected chi connectivity index (χ3v) is 5.82. The van der Waals surface area contributed by atoms with Gasteiger partial charge in [0.15, 0.2) is 0 Å². The van der Waals surface area contributed by atoms with Crippen LogP contribution in [0.3, 0.4) is 0 Å². The average Bonchev–Trinajstić information content (AvgIpc) is 2.88. The highest BCUT2D eigenvalue weighted by Gasteiger charge is 2.18. The molecule has 0 aliphatic heterocycles. The Labute approximate surface area is 134 Å². The summed E-state index contributed by atoms with van der Waals surface area (Å²) in [5, 5.41) is 8.01. The molecule has 0 bridgehead atoms. The van der Waals surface area contributed by atoms with Crippen molar-refractivity contribution >= 4 is 43.2 Å². The molecule has 2 rings (SSSR count). The molecule has 0 aromatic carbocycles. The molecule has 2 aromatic rings. The van der Waals surface area contributed by atoms with Crippen LogP contribution in [0.2, 0.25) is 0 Å². The Balaban J connectivity index is 2.26. The molecule has 0 radical (unpaired) electrons. The lowest BCUT2D eigenvalue weighted by Gasteiger charge is -2.16. The van der Waals surface area contributed by atoms with E-state index in [4.69, 9.17) is 0 Å². The predicted molar refractivity (Wildman–Crippen MR) is 87.8 cm³/mol. The molecule has 0 aliphatic rings. The fraction of sp³-hybridized carbons (Fsp3) is 0.462. The van der Waals surface area contributed by atoms with E-state index in [2.05, 4.69) is 61.3 Å². The van der Waals surface area contributed by atoms with Crippen molar-refractivity contribution in [1.82, 2.24) is 15.1 Å². The van der Waals surface area contributed by atoms with Gasteiger partial charge in [-0.05, 0) is 57.5 Å². The van der Waals surface area contributed by atoms with E-state index >= 15 is 0 Å². The van der Waals surface area contributed by atoms with Crippen molar-refractivity contribution in [2.45, 2.75) is 26.3 Å². The summed E-state index contributed by atoms with van der Waals surface area (Å²) in [6, 6.07) is 4.61. The first kappa shape index (κ1) is 15.2. The van der Waals surface area contributed by atoms with Crippen LogP contribution < -0.4 is 5.32 Å². The third-order valence-electron chi connectivity index (χ3n) is 3.05. The minimum absolute atomic E-state index is 0.326. The van der Waals surface area contributed by atoms with Crippen LogP contribution in [0.15, 0.2) is 20.4 Å². The minimum atomic E-state index is 0.326. The van der Waals surface area contributed by atoms with Gasteiger partial charge in [0.2, 0.25) is 0 Å². The van der Waals surface area contributed by atoms with Crippen molar-refractivity contribution in [3.05, 3.63) is 36.7 Å². The number of nitrogens with zero attached hydrogens (tertiary/aromatic N) is 2. The predicted octanol–water partition coefficient (Wildman–Crippen LogP) is 4.21. The summed E-state index contributed by atoms with van der Waals surface area (Å²) >= 11 is 8.96. The molecule has 1 unspecified atom stereocenters. The number of aromatic nitrogens is 2. The number of halogens is 2. The van der Waals surface area contributed by atoms with Crippen LogP contribution in [-0.4, -0.2) is 16.3 Å². The van der Waals surface area contributed by atoms with E-state index in [1.165, 1.54) is 14.4 Å². The van der Waals surface area contributed by atoms with E-state index in [0.29, 0.717) is 6.04 Å². The van der Waals surface area contributed by atoms with E-state index in [9.17, 15) is 0 Å². The van der Waals surface area contributed by atoms with E-state index in [-0.39, 0.29) is 0 Å². The molecule has 0 saturated carbocycles. The zero-order valence-corrected chi connectivity index (χ0v) is 15.2. The highest BCUT2D eigenvalue weighted by atomic mass is 79.9. The minimum Gasteiger partial charge on any atom is -0.309 e. The van der Waals surface area contributed by atoms with Crippen LogP contribution in [0, 0.1) is 6.92 Å². The number of hydrogen-bond donors (Lipinski definition) is 1. The fourth-order valence-corrected chi connectivity index (χ4v) is 4.13. The Bertz CT molecular complexity index is 562. The maximum absolute atomic E-state index is 4.46. The van der Waals surface area contributed by atoms with Crippen molar-refractivity contribution in [3.8, 4) is 0 Å². The molecule has 104 valence electrons. The molecule has 1 atom stereocenters. The summed E-state index contributed by atoms with van der Waals surface area (Å²) in [5.74, 6) is 0. The molecule has 0 saturated heterocycles. The van der Waals surface area contributed by atoms with Crippen LogP contribution in [0.4, 0.5) is 0 Å². The van der Waals surface area contributed by atoms with Crippen LogP contribution in [0.5, 0.6) is 0 Å². The molecule has 2 heterocycles. The number of nitrogens with one attached hydrogen (secondary N) is 1. The fourth-order valence-electron chi connectivity index (χ4n) is 2.13. The zero-order chi connectivity index (χ0) is 14.0. The lowest BCUT2D eigenvalue weighted by molar-refractivity contribution is 0.535. The van der Waals surface area contributed by atoms with Gasteiger partial charge in [0.25, 0.3) is 0 Å². The lowest BCUT2D eigenvalue weighted by atomic mass is 10.1. The Morgan fingerprint density at radius 3 is 2.63 bits per heavy atom. The van der Waals surface area contributed by atoms with Crippen LogP contribution in [-0.2, 0) is 13.5 Å². The summed E-state index contributed by atoms with van der Waals surface area (Å²) in [7, 11) is 2.00. The van der Waals surface area contributed by atoms with E-state index < -0.39 is 0 Å². The molecule has 19 heavy (non-hydrogen) atoms. The summed E-state index contributed by atoms with van der Waals surface area (Å²) in [6.45, 7) is 5.12. The van der Waals surface area contributed by atoms with Gasteiger partial charge in [0, 0.05) is 24.4 Å². The molecular formula is C13H17Br2N3S. The molecule has 0 aliphatic carbocycles. The molecule has 0 spiro atoms. The van der Waals surface area contributed by atoms with Crippen LogP contribution in [0.1, 0.15) is 29.2 Å². The van der Waals surface area contributed by atoms with Crippen LogP contribution >= 0.6 is 43.2 Å². The summed E-state index contributed by atoms with van der Waals surface area (Å²) in [5.41, 5.74) is 2.27. The molecule has 1 N–H and O–H groups in total. The lowest BCUT2D eigenvalue weighted by Crippen LogP contribution is -2.23. The van der Waals surface area contributed by atoms with Crippen molar-refractivity contribution in [1.29, 1.82) is 0 Å². The standard InChI is InChI=1S/C13H17Br2N3S/c1-4-16-9(11-5-6-12(14)19-11)7-10-13(15)8(2)17-18(10)3/h5-6,9,16H,4,7H2,1-3H3. The average molecular weight is 407 g/mol. The van der Waals surface area contributed by atoms with E-state index in [1.807, 2.05) is 18.7 Å². The normalized spacial score (nSPS) is 12.9. The maximum atomic E-state index is 4.46. The number of rotatable bonds is 5. The quantitative estimate of drug-likeness (QED) is 0.805. The Morgan fingerprint density at radius 1 is 1.42 bits per heavy atom. The number of thiophene rings is 1. The van der Waals surface area contributed by atoms with Gasteiger partial charge >= 0.3 is 0 Å². The second-order valence-corrected chi connectivity index (χ2v) is 7.71. The van der Waals surface area contributed by atoms with Crippen molar-refractivity contribution in [2.24, 2.45) is 7.05 Å². The van der Waals surface area contributed by atoms with Crippen molar-refractivity contribution in [2.75, 3.05) is 6.54 Å². The molecule has 2 aromatic heterocycles. The van der Waals surface area contributed by atoms with Crippen LogP contribution in [0.25, 0.3) is 0 Å². The first-order valence-electron chi connectivity index (χ1n) is 6.19. The van der Waals surface area contributed by atoms with Gasteiger partial charge in [-0.1, -0.05) is 6.92 Å². The summed E-state index contributed by atoms with van der Waals surface area (Å²) in [4.78, 5) is 1.35. The molecule has 0 amide bonds. The maximum Gasteiger partial charge on any atom is 0.0738 e. The number of aryl methyl sites for hydroxylation is 2. The first-order valence-corrected chi connectivity index (χ1v) is 8.59. The molecule has 0 fully saturated rings.